The standard InChI is InChI=1S/C11H8N6O2/c12-5-6-3-1-2-4-7(6)16-17-8-9(13)14-11(19)15-10(8)18/h1-4H,(H4,13,14,15,18,19). The van der Waals surface area contributed by atoms with Gasteiger partial charge in [0.1, 0.15) is 17.6 Å². The second-order valence-corrected chi connectivity index (χ2v) is 3.50. The van der Waals surface area contributed by atoms with Crippen molar-refractivity contribution in [3.63, 3.8) is 0 Å². The van der Waals surface area contributed by atoms with Crippen LogP contribution in [0.1, 0.15) is 5.56 Å². The predicted octanol–water partition coefficient (Wildman–Crippen LogP) is 0.932. The topological polar surface area (TPSA) is 140 Å². The molecule has 0 bridgehead atoms. The zero-order valence-electron chi connectivity index (χ0n) is 9.54. The van der Waals surface area contributed by atoms with Crippen LogP contribution in [0.3, 0.4) is 0 Å². The smallest absolute Gasteiger partial charge is 0.327 e. The average Bonchev–Trinajstić information content (AvgIpc) is 2.38. The molecule has 2 rings (SSSR count). The molecule has 1 aromatic heterocycles. The van der Waals surface area contributed by atoms with Gasteiger partial charge < -0.3 is 5.73 Å². The van der Waals surface area contributed by atoms with Crippen molar-refractivity contribution in [3.8, 4) is 6.07 Å². The Hall–Kier alpha value is -3.21. The number of nitriles is 1. The monoisotopic (exact) mass is 256 g/mol. The van der Waals surface area contributed by atoms with Crippen LogP contribution in [0.4, 0.5) is 17.2 Å². The quantitative estimate of drug-likeness (QED) is 0.687. The number of benzene rings is 1. The summed E-state index contributed by atoms with van der Waals surface area (Å²) < 4.78 is 0. The molecule has 8 heteroatoms. The van der Waals surface area contributed by atoms with Gasteiger partial charge >= 0.3 is 5.69 Å². The second-order valence-electron chi connectivity index (χ2n) is 3.50. The molecule has 0 atom stereocenters. The fourth-order valence-electron chi connectivity index (χ4n) is 1.36. The van der Waals surface area contributed by atoms with Crippen LogP contribution in [0.2, 0.25) is 0 Å². The van der Waals surface area contributed by atoms with E-state index < -0.39 is 11.2 Å². The molecule has 94 valence electrons. The maximum absolute atomic E-state index is 11.5. The fraction of sp³-hybridized carbons (Fsp3) is 0. The number of hydrogen-bond acceptors (Lipinski definition) is 6. The van der Waals surface area contributed by atoms with Crippen molar-refractivity contribution < 1.29 is 0 Å². The molecule has 19 heavy (non-hydrogen) atoms. The molecule has 0 spiro atoms. The van der Waals surface area contributed by atoms with E-state index in [2.05, 4.69) is 15.2 Å². The SMILES string of the molecule is N#Cc1ccccc1N=Nc1c(N)[nH]c(=O)[nH]c1=O. The van der Waals surface area contributed by atoms with Crippen LogP contribution in [0, 0.1) is 11.3 Å². The highest BCUT2D eigenvalue weighted by Gasteiger charge is 2.06. The fourth-order valence-corrected chi connectivity index (χ4v) is 1.36. The lowest BCUT2D eigenvalue weighted by Gasteiger charge is -1.97. The lowest BCUT2D eigenvalue weighted by atomic mass is 10.2. The summed E-state index contributed by atoms with van der Waals surface area (Å²) in [5, 5.41) is 16.3. The number of aromatic amines is 2. The van der Waals surface area contributed by atoms with Crippen LogP contribution in [0.25, 0.3) is 0 Å². The number of nitrogen functional groups attached to an aromatic ring is 1. The molecule has 0 aliphatic rings. The van der Waals surface area contributed by atoms with Gasteiger partial charge in [-0.15, -0.1) is 10.2 Å². The Bertz CT molecular complexity index is 796. The van der Waals surface area contributed by atoms with Gasteiger partial charge in [0, 0.05) is 0 Å². The first-order chi connectivity index (χ1) is 9.11. The highest BCUT2D eigenvalue weighted by atomic mass is 16.2. The first kappa shape index (κ1) is 12.3. The maximum Gasteiger partial charge on any atom is 0.327 e. The van der Waals surface area contributed by atoms with Crippen molar-refractivity contribution in [1.82, 2.24) is 9.97 Å². The molecule has 1 heterocycles. The summed E-state index contributed by atoms with van der Waals surface area (Å²) in [6.07, 6.45) is 0. The number of rotatable bonds is 2. The number of anilines is 1. The molecular formula is C11H8N6O2. The van der Waals surface area contributed by atoms with E-state index in [0.29, 0.717) is 11.3 Å². The van der Waals surface area contributed by atoms with E-state index in [9.17, 15) is 9.59 Å². The normalized spacial score (nSPS) is 10.5. The van der Waals surface area contributed by atoms with Crippen LogP contribution in [0.5, 0.6) is 0 Å². The molecule has 8 nitrogen and oxygen atoms in total. The molecule has 0 radical (unpaired) electrons. The van der Waals surface area contributed by atoms with Crippen LogP contribution in [0.15, 0.2) is 44.1 Å². The van der Waals surface area contributed by atoms with E-state index in [4.69, 9.17) is 11.0 Å². The summed E-state index contributed by atoms with van der Waals surface area (Å²) >= 11 is 0. The minimum absolute atomic E-state index is 0.188. The molecule has 0 amide bonds. The van der Waals surface area contributed by atoms with Gasteiger partial charge in [0.2, 0.25) is 0 Å². The zero-order chi connectivity index (χ0) is 13.8. The van der Waals surface area contributed by atoms with Gasteiger partial charge in [-0.2, -0.15) is 5.26 Å². The van der Waals surface area contributed by atoms with E-state index in [1.54, 1.807) is 24.3 Å². The van der Waals surface area contributed by atoms with E-state index in [1.807, 2.05) is 11.1 Å². The number of nitrogens with one attached hydrogen (secondary N) is 2. The highest BCUT2D eigenvalue weighted by molar-refractivity contribution is 5.56. The number of H-pyrrole nitrogens is 2. The van der Waals surface area contributed by atoms with Crippen molar-refractivity contribution in [3.05, 3.63) is 50.7 Å². The van der Waals surface area contributed by atoms with Gasteiger partial charge in [0.15, 0.2) is 5.69 Å². The van der Waals surface area contributed by atoms with E-state index in [1.165, 1.54) is 0 Å². The first-order valence-electron chi connectivity index (χ1n) is 5.15. The minimum Gasteiger partial charge on any atom is -0.383 e. The van der Waals surface area contributed by atoms with Crippen LogP contribution in [-0.4, -0.2) is 9.97 Å². The molecule has 0 saturated heterocycles. The van der Waals surface area contributed by atoms with Crippen molar-refractivity contribution in [2.75, 3.05) is 5.73 Å². The van der Waals surface area contributed by atoms with Gasteiger partial charge in [-0.3, -0.25) is 14.8 Å². The number of nitrogens with two attached hydrogens (primary N) is 1. The van der Waals surface area contributed by atoms with Crippen LogP contribution < -0.4 is 17.0 Å². The Morgan fingerprint density at radius 2 is 1.89 bits per heavy atom. The van der Waals surface area contributed by atoms with Crippen molar-refractivity contribution in [2.45, 2.75) is 0 Å². The number of hydrogen-bond donors (Lipinski definition) is 3. The third kappa shape index (κ3) is 2.55. The molecule has 4 N–H and O–H groups in total. The van der Waals surface area contributed by atoms with Gasteiger partial charge in [-0.1, -0.05) is 12.1 Å². The Morgan fingerprint density at radius 3 is 2.58 bits per heavy atom. The van der Waals surface area contributed by atoms with Crippen LogP contribution >= 0.6 is 0 Å². The Balaban J connectivity index is 2.48. The van der Waals surface area contributed by atoms with Gasteiger partial charge in [0.25, 0.3) is 5.56 Å². The lowest BCUT2D eigenvalue weighted by Crippen LogP contribution is -2.23. The second kappa shape index (κ2) is 4.97. The van der Waals surface area contributed by atoms with E-state index in [0.717, 1.165) is 0 Å². The maximum atomic E-state index is 11.5. The average molecular weight is 256 g/mol. The summed E-state index contributed by atoms with van der Waals surface area (Å²) in [7, 11) is 0. The van der Waals surface area contributed by atoms with E-state index in [-0.39, 0.29) is 11.5 Å². The minimum atomic E-state index is -0.751. The highest BCUT2D eigenvalue weighted by Crippen LogP contribution is 2.21. The number of azo groups is 1. The summed E-state index contributed by atoms with van der Waals surface area (Å²) in [6, 6.07) is 8.43. The van der Waals surface area contributed by atoms with Crippen molar-refractivity contribution >= 4 is 17.2 Å². The third-order valence-corrected chi connectivity index (χ3v) is 2.23. The molecular weight excluding hydrogens is 248 g/mol. The third-order valence-electron chi connectivity index (χ3n) is 2.23. The largest absolute Gasteiger partial charge is 0.383 e. The summed E-state index contributed by atoms with van der Waals surface area (Å²) in [5.74, 6) is -0.188. The number of aromatic nitrogens is 2. The lowest BCUT2D eigenvalue weighted by molar-refractivity contribution is 1.03. The summed E-state index contributed by atoms with van der Waals surface area (Å²) in [6.45, 7) is 0. The molecule has 1 aromatic carbocycles. The van der Waals surface area contributed by atoms with Gasteiger partial charge in [-0.05, 0) is 12.1 Å². The van der Waals surface area contributed by atoms with Gasteiger partial charge in [0.05, 0.1) is 5.56 Å². The van der Waals surface area contributed by atoms with Crippen LogP contribution in [-0.2, 0) is 0 Å². The molecule has 0 fully saturated rings. The predicted molar refractivity (Wildman–Crippen MR) is 67.4 cm³/mol. The molecule has 0 aliphatic heterocycles. The molecule has 2 aromatic rings. The molecule has 0 aliphatic carbocycles. The van der Waals surface area contributed by atoms with Crippen molar-refractivity contribution in [2.24, 2.45) is 10.2 Å². The molecule has 0 saturated carbocycles. The van der Waals surface area contributed by atoms with E-state index >= 15 is 0 Å². The Kier molecular flexibility index (Phi) is 3.20. The first-order valence-corrected chi connectivity index (χ1v) is 5.15. The zero-order valence-corrected chi connectivity index (χ0v) is 9.54. The summed E-state index contributed by atoms with van der Waals surface area (Å²) in [4.78, 5) is 26.6. The molecule has 0 unspecified atom stereocenters. The Labute approximate surface area is 106 Å². The number of nitrogens with zero attached hydrogens (tertiary/aromatic N) is 3. The van der Waals surface area contributed by atoms with Gasteiger partial charge in [-0.25, -0.2) is 4.79 Å². The van der Waals surface area contributed by atoms with Crippen molar-refractivity contribution in [1.29, 1.82) is 5.26 Å². The Morgan fingerprint density at radius 1 is 1.16 bits per heavy atom. The summed E-state index contributed by atoms with van der Waals surface area (Å²) in [5.41, 5.74) is 4.39.